The first-order chi connectivity index (χ1) is 9.88. The molecule has 1 N–H and O–H groups in total. The number of aryl methyl sites for hydroxylation is 2. The SMILES string of the molecule is Cc1cn(-c2ccc(C)c(N(C)C)c2)c(SCC(=O)O)n1. The van der Waals surface area contributed by atoms with E-state index in [4.69, 9.17) is 5.11 Å². The number of carboxylic acid groups (broad SMARTS) is 1. The van der Waals surface area contributed by atoms with E-state index in [2.05, 4.69) is 28.9 Å². The molecule has 0 fully saturated rings. The zero-order valence-electron chi connectivity index (χ0n) is 12.6. The summed E-state index contributed by atoms with van der Waals surface area (Å²) in [6, 6.07) is 6.17. The van der Waals surface area contributed by atoms with Crippen molar-refractivity contribution in [3.63, 3.8) is 0 Å². The average molecular weight is 305 g/mol. The maximum Gasteiger partial charge on any atom is 0.313 e. The Bertz CT molecular complexity index is 665. The van der Waals surface area contributed by atoms with Crippen molar-refractivity contribution in [1.82, 2.24) is 9.55 Å². The summed E-state index contributed by atoms with van der Waals surface area (Å²) in [6.45, 7) is 3.97. The molecule has 0 aliphatic carbocycles. The second-order valence-electron chi connectivity index (χ2n) is 5.08. The number of hydrogen-bond donors (Lipinski definition) is 1. The summed E-state index contributed by atoms with van der Waals surface area (Å²) in [5.41, 5.74) is 4.18. The van der Waals surface area contributed by atoms with Gasteiger partial charge in [-0.1, -0.05) is 17.8 Å². The fraction of sp³-hybridized carbons (Fsp3) is 0.333. The van der Waals surface area contributed by atoms with Gasteiger partial charge in [0.2, 0.25) is 0 Å². The lowest BCUT2D eigenvalue weighted by Crippen LogP contribution is -2.11. The van der Waals surface area contributed by atoms with Gasteiger partial charge in [0, 0.05) is 31.7 Å². The molecule has 0 saturated carbocycles. The lowest BCUT2D eigenvalue weighted by molar-refractivity contribution is -0.133. The summed E-state index contributed by atoms with van der Waals surface area (Å²) in [4.78, 5) is 17.2. The van der Waals surface area contributed by atoms with Crippen LogP contribution in [0.25, 0.3) is 5.69 Å². The third-order valence-electron chi connectivity index (χ3n) is 3.07. The summed E-state index contributed by atoms with van der Waals surface area (Å²) in [6.07, 6.45) is 1.92. The number of carbonyl (C=O) groups is 1. The van der Waals surface area contributed by atoms with Crippen molar-refractivity contribution in [3.05, 3.63) is 35.7 Å². The molecule has 0 spiro atoms. The number of aliphatic carboxylic acids is 1. The molecule has 0 radical (unpaired) electrons. The molecule has 0 aliphatic heterocycles. The Hall–Kier alpha value is -1.95. The lowest BCUT2D eigenvalue weighted by Gasteiger charge is -2.17. The first kappa shape index (κ1) is 15.4. The number of imidazole rings is 1. The lowest BCUT2D eigenvalue weighted by atomic mass is 10.1. The van der Waals surface area contributed by atoms with E-state index in [1.165, 1.54) is 17.3 Å². The van der Waals surface area contributed by atoms with Gasteiger partial charge in [0.05, 0.1) is 11.4 Å². The Balaban J connectivity index is 2.42. The van der Waals surface area contributed by atoms with E-state index in [0.29, 0.717) is 5.16 Å². The molecule has 2 rings (SSSR count). The third-order valence-corrected chi connectivity index (χ3v) is 4.01. The van der Waals surface area contributed by atoms with Crippen LogP contribution >= 0.6 is 11.8 Å². The van der Waals surface area contributed by atoms with Crippen molar-refractivity contribution >= 4 is 23.4 Å². The Morgan fingerprint density at radius 3 is 2.71 bits per heavy atom. The quantitative estimate of drug-likeness (QED) is 0.861. The van der Waals surface area contributed by atoms with E-state index >= 15 is 0 Å². The van der Waals surface area contributed by atoms with E-state index in [-0.39, 0.29) is 5.75 Å². The minimum Gasteiger partial charge on any atom is -0.481 e. The van der Waals surface area contributed by atoms with Crippen LogP contribution < -0.4 is 4.90 Å². The smallest absolute Gasteiger partial charge is 0.313 e. The van der Waals surface area contributed by atoms with Gasteiger partial charge in [-0.2, -0.15) is 0 Å². The van der Waals surface area contributed by atoms with Gasteiger partial charge in [-0.3, -0.25) is 9.36 Å². The molecule has 0 unspecified atom stereocenters. The molecule has 0 bridgehead atoms. The molecular formula is C15H19N3O2S. The number of hydrogen-bond acceptors (Lipinski definition) is 4. The van der Waals surface area contributed by atoms with Crippen LogP contribution in [0.4, 0.5) is 5.69 Å². The molecule has 0 aliphatic rings. The minimum atomic E-state index is -0.843. The molecule has 21 heavy (non-hydrogen) atoms. The molecule has 5 nitrogen and oxygen atoms in total. The molecule has 1 aromatic carbocycles. The highest BCUT2D eigenvalue weighted by molar-refractivity contribution is 7.99. The molecule has 0 saturated heterocycles. The van der Waals surface area contributed by atoms with Crippen LogP contribution in [0.15, 0.2) is 29.6 Å². The van der Waals surface area contributed by atoms with Crippen LogP contribution in [0.5, 0.6) is 0 Å². The van der Waals surface area contributed by atoms with Crippen molar-refractivity contribution in [3.8, 4) is 5.69 Å². The van der Waals surface area contributed by atoms with E-state index in [9.17, 15) is 4.79 Å². The highest BCUT2D eigenvalue weighted by atomic mass is 32.2. The van der Waals surface area contributed by atoms with Crippen LogP contribution in [-0.4, -0.2) is 40.5 Å². The molecular weight excluding hydrogens is 286 g/mol. The van der Waals surface area contributed by atoms with E-state index < -0.39 is 5.97 Å². The number of nitrogens with zero attached hydrogens (tertiary/aromatic N) is 3. The molecule has 1 heterocycles. The van der Waals surface area contributed by atoms with Crippen LogP contribution in [0, 0.1) is 13.8 Å². The maximum absolute atomic E-state index is 10.8. The predicted molar refractivity (Wildman–Crippen MR) is 85.7 cm³/mol. The van der Waals surface area contributed by atoms with Crippen molar-refractivity contribution in [2.45, 2.75) is 19.0 Å². The topological polar surface area (TPSA) is 58.4 Å². The third kappa shape index (κ3) is 3.58. The van der Waals surface area contributed by atoms with Gasteiger partial charge in [0.1, 0.15) is 0 Å². The number of anilines is 1. The van der Waals surface area contributed by atoms with Crippen molar-refractivity contribution in [2.24, 2.45) is 0 Å². The van der Waals surface area contributed by atoms with E-state index in [1.807, 2.05) is 37.8 Å². The van der Waals surface area contributed by atoms with Crippen LogP contribution in [0.1, 0.15) is 11.3 Å². The van der Waals surface area contributed by atoms with Crippen LogP contribution in [-0.2, 0) is 4.79 Å². The van der Waals surface area contributed by atoms with Gasteiger partial charge in [0.15, 0.2) is 5.16 Å². The fourth-order valence-electron chi connectivity index (χ4n) is 2.12. The zero-order valence-corrected chi connectivity index (χ0v) is 13.4. The molecule has 0 atom stereocenters. The van der Waals surface area contributed by atoms with Gasteiger partial charge in [-0.15, -0.1) is 0 Å². The van der Waals surface area contributed by atoms with Gasteiger partial charge in [-0.05, 0) is 31.5 Å². The summed E-state index contributed by atoms with van der Waals surface area (Å²) < 4.78 is 1.94. The first-order valence-corrected chi connectivity index (χ1v) is 7.56. The van der Waals surface area contributed by atoms with E-state index in [0.717, 1.165) is 17.1 Å². The van der Waals surface area contributed by atoms with Crippen LogP contribution in [0.3, 0.4) is 0 Å². The van der Waals surface area contributed by atoms with Crippen molar-refractivity contribution in [2.75, 3.05) is 24.7 Å². The second-order valence-corrected chi connectivity index (χ2v) is 6.02. The summed E-state index contributed by atoms with van der Waals surface area (Å²) >= 11 is 1.23. The highest BCUT2D eigenvalue weighted by Gasteiger charge is 2.12. The van der Waals surface area contributed by atoms with Crippen molar-refractivity contribution in [1.29, 1.82) is 0 Å². The first-order valence-electron chi connectivity index (χ1n) is 6.57. The minimum absolute atomic E-state index is 0.00283. The monoisotopic (exact) mass is 305 g/mol. The Labute approximate surface area is 128 Å². The maximum atomic E-state index is 10.8. The number of benzene rings is 1. The van der Waals surface area contributed by atoms with Gasteiger partial charge < -0.3 is 10.0 Å². The molecule has 2 aromatic rings. The predicted octanol–water partition coefficient (Wildman–Crippen LogP) is 2.73. The largest absolute Gasteiger partial charge is 0.481 e. The number of rotatable bonds is 5. The van der Waals surface area contributed by atoms with Gasteiger partial charge in [0.25, 0.3) is 0 Å². The van der Waals surface area contributed by atoms with Gasteiger partial charge in [-0.25, -0.2) is 4.98 Å². The average Bonchev–Trinajstić information content (AvgIpc) is 2.78. The Morgan fingerprint density at radius 2 is 2.10 bits per heavy atom. The number of thioether (sulfide) groups is 1. The number of aromatic nitrogens is 2. The standard InChI is InChI=1S/C15H19N3O2S/c1-10-5-6-12(7-13(10)17(3)4)18-8-11(2)16-15(18)21-9-14(19)20/h5-8H,9H2,1-4H3,(H,19,20). The van der Waals surface area contributed by atoms with Gasteiger partial charge >= 0.3 is 5.97 Å². The van der Waals surface area contributed by atoms with Crippen LogP contribution in [0.2, 0.25) is 0 Å². The highest BCUT2D eigenvalue weighted by Crippen LogP contribution is 2.26. The fourth-order valence-corrected chi connectivity index (χ4v) is 2.88. The normalized spacial score (nSPS) is 10.7. The summed E-state index contributed by atoms with van der Waals surface area (Å²) in [5.74, 6) is -0.840. The molecule has 1 aromatic heterocycles. The summed E-state index contributed by atoms with van der Waals surface area (Å²) in [7, 11) is 4.01. The van der Waals surface area contributed by atoms with E-state index in [1.54, 1.807) is 0 Å². The second kappa shape index (κ2) is 6.22. The molecule has 112 valence electrons. The summed E-state index contributed by atoms with van der Waals surface area (Å²) in [5, 5.41) is 9.53. The van der Waals surface area contributed by atoms with Crippen molar-refractivity contribution < 1.29 is 9.90 Å². The molecule has 0 amide bonds. The number of carboxylic acids is 1. The zero-order chi connectivity index (χ0) is 15.6. The Morgan fingerprint density at radius 1 is 1.38 bits per heavy atom. The Kier molecular flexibility index (Phi) is 4.57. The molecule has 6 heteroatoms.